The molecule has 13 heteroatoms. The Kier molecular flexibility index (Phi) is 13.4. The van der Waals surface area contributed by atoms with Crippen LogP contribution in [-0.4, -0.2) is 115 Å². The lowest BCUT2D eigenvalue weighted by molar-refractivity contribution is -0.121. The van der Waals surface area contributed by atoms with Gasteiger partial charge in [0.1, 0.15) is 17.4 Å². The van der Waals surface area contributed by atoms with Crippen molar-refractivity contribution in [3.63, 3.8) is 0 Å². The van der Waals surface area contributed by atoms with Gasteiger partial charge in [0.25, 0.3) is 0 Å². The topological polar surface area (TPSA) is 101 Å². The number of aromatic nitrogens is 3. The Hall–Kier alpha value is -5.08. The maximum Gasteiger partial charge on any atom is 0.318 e. The van der Waals surface area contributed by atoms with E-state index in [0.717, 1.165) is 114 Å². The van der Waals surface area contributed by atoms with Gasteiger partial charge in [-0.3, -0.25) is 14.7 Å². The number of halogens is 1. The van der Waals surface area contributed by atoms with Crippen molar-refractivity contribution in [1.82, 2.24) is 24.8 Å². The molecule has 11 nitrogen and oxygen atoms in total. The highest BCUT2D eigenvalue weighted by atomic mass is 31.0. The number of aromatic hydroxyl groups is 1. The third kappa shape index (κ3) is 9.41. The van der Waals surface area contributed by atoms with Crippen molar-refractivity contribution in [2.24, 2.45) is 23.2 Å². The van der Waals surface area contributed by atoms with Gasteiger partial charge in [-0.05, 0) is 112 Å². The summed E-state index contributed by atoms with van der Waals surface area (Å²) in [6.07, 6.45) is 15.4. The maximum atomic E-state index is 15.1. The Morgan fingerprint density at radius 2 is 1.82 bits per heavy atom. The summed E-state index contributed by atoms with van der Waals surface area (Å²) in [7, 11) is 4.75. The standard InChI is InChI=1S/C53H66FN8O3P/c1-7-35(4)51(64)58(6)48-36(5)12-9-13-44(48)61-25-23-59(24-26-61)31-37-16-21-60(22-17-37)32-53(18-19-53)33-65-52-56-47-42(50(57-52)62-20-10-11-34(3)30-62)29-55-46(49(47)66)41-28-39(63)27-38-14-15-43(54)40(8-2)45(38)41/h2,9,12-15,27-29,34-35,37,63H,7,10-11,16-26,30-33,66H2,1,3-6H3. The summed E-state index contributed by atoms with van der Waals surface area (Å²) < 4.78 is 21.7. The lowest BCUT2D eigenvalue weighted by atomic mass is 9.94. The molecule has 1 aliphatic carbocycles. The summed E-state index contributed by atoms with van der Waals surface area (Å²) in [5.74, 6) is 4.27. The van der Waals surface area contributed by atoms with E-state index in [1.165, 1.54) is 31.0 Å². The largest absolute Gasteiger partial charge is 0.508 e. The van der Waals surface area contributed by atoms with Gasteiger partial charge in [-0.15, -0.1) is 15.7 Å². The Balaban J connectivity index is 0.852. The van der Waals surface area contributed by atoms with E-state index in [4.69, 9.17) is 26.1 Å². The fourth-order valence-corrected chi connectivity index (χ4v) is 11.2. The molecule has 1 amide bonds. The molecule has 9 rings (SSSR count). The number of phenols is 1. The summed E-state index contributed by atoms with van der Waals surface area (Å²) in [5, 5.41) is 13.5. The van der Waals surface area contributed by atoms with Crippen molar-refractivity contribution < 1.29 is 19.0 Å². The number of phenolic OH excluding ortho intramolecular Hbond substituents is 1. The summed E-state index contributed by atoms with van der Waals surface area (Å²) in [6, 6.07) is 12.9. The first-order valence-corrected chi connectivity index (χ1v) is 24.8. The molecule has 3 unspecified atom stereocenters. The smallest absolute Gasteiger partial charge is 0.318 e. The van der Waals surface area contributed by atoms with Crippen LogP contribution in [0.5, 0.6) is 11.8 Å². The van der Waals surface area contributed by atoms with E-state index < -0.39 is 5.82 Å². The number of rotatable bonds is 13. The maximum absolute atomic E-state index is 15.1. The molecule has 3 aliphatic heterocycles. The van der Waals surface area contributed by atoms with Crippen molar-refractivity contribution in [1.29, 1.82) is 0 Å². The number of hydrogen-bond acceptors (Lipinski definition) is 10. The Morgan fingerprint density at radius 3 is 2.53 bits per heavy atom. The van der Waals surface area contributed by atoms with Gasteiger partial charge in [0.15, 0.2) is 0 Å². The van der Waals surface area contributed by atoms with Crippen molar-refractivity contribution in [3.05, 3.63) is 65.6 Å². The Morgan fingerprint density at radius 1 is 1.05 bits per heavy atom. The van der Waals surface area contributed by atoms with E-state index in [1.54, 1.807) is 24.4 Å². The van der Waals surface area contributed by atoms with Crippen LogP contribution in [0.3, 0.4) is 0 Å². The molecule has 0 spiro atoms. The number of carbonyl (C=O) groups excluding carboxylic acids is 1. The Labute approximate surface area is 392 Å². The fraction of sp³-hybridized carbons (Fsp3) is 0.509. The third-order valence-electron chi connectivity index (χ3n) is 15.0. The molecule has 5 heterocycles. The van der Waals surface area contributed by atoms with Crippen molar-refractivity contribution >= 4 is 59.3 Å². The molecule has 1 saturated carbocycles. The number of hydrogen-bond donors (Lipinski definition) is 1. The average Bonchev–Trinajstić information content (AvgIpc) is 4.09. The molecule has 4 aliphatic rings. The first-order valence-electron chi connectivity index (χ1n) is 24.2. The van der Waals surface area contributed by atoms with Gasteiger partial charge in [-0.2, -0.15) is 9.97 Å². The van der Waals surface area contributed by atoms with Crippen LogP contribution in [0.25, 0.3) is 32.9 Å². The quantitative estimate of drug-likeness (QED) is 0.0916. The van der Waals surface area contributed by atoms with Crippen LogP contribution >= 0.6 is 9.24 Å². The van der Waals surface area contributed by atoms with Gasteiger partial charge in [-0.1, -0.05) is 44.9 Å². The van der Waals surface area contributed by atoms with Gasteiger partial charge in [0, 0.05) is 93.2 Å². The zero-order valence-electron chi connectivity index (χ0n) is 39.5. The summed E-state index contributed by atoms with van der Waals surface area (Å²) >= 11 is 0. The third-order valence-corrected chi connectivity index (χ3v) is 15.6. The Bertz CT molecular complexity index is 2650. The zero-order valence-corrected chi connectivity index (χ0v) is 40.6. The van der Waals surface area contributed by atoms with Crippen molar-refractivity contribution in [2.75, 3.05) is 93.8 Å². The SMILES string of the molecule is C#Cc1c(F)ccc2cc(O)cc(-c3ncc4c(N5CCCC(C)C5)nc(OCC5(CN6CCC(CN7CCN(c8cccc(C)c8N(C)C(=O)C(C)CC)CC7)CC6)CC5)nc4c3P)c12. The lowest BCUT2D eigenvalue weighted by Crippen LogP contribution is -2.49. The molecular weight excluding hydrogens is 847 g/mol. The average molecular weight is 913 g/mol. The molecule has 4 fully saturated rings. The van der Waals surface area contributed by atoms with Gasteiger partial charge >= 0.3 is 6.01 Å². The highest BCUT2D eigenvalue weighted by Gasteiger charge is 2.45. The number of likely N-dealkylation sites (tertiary alicyclic amines) is 1. The molecule has 3 aromatic carbocycles. The normalized spacial score (nSPS) is 19.8. The highest BCUT2D eigenvalue weighted by Crippen LogP contribution is 2.47. The number of ether oxygens (including phenoxy) is 1. The molecule has 348 valence electrons. The molecular formula is C53H66FN8O3P. The lowest BCUT2D eigenvalue weighted by Gasteiger charge is -2.41. The molecule has 3 atom stereocenters. The van der Waals surface area contributed by atoms with Crippen molar-refractivity contribution in [3.8, 4) is 35.4 Å². The second kappa shape index (κ2) is 19.3. The minimum atomic E-state index is -0.499. The fourth-order valence-electron chi connectivity index (χ4n) is 10.8. The van der Waals surface area contributed by atoms with Gasteiger partial charge in [0.05, 0.1) is 40.1 Å². The second-order valence-corrected chi connectivity index (χ2v) is 20.5. The number of pyridine rings is 1. The van der Waals surface area contributed by atoms with Gasteiger partial charge < -0.3 is 29.4 Å². The van der Waals surface area contributed by atoms with Crippen LogP contribution in [0.1, 0.15) is 76.8 Å². The van der Waals surface area contributed by atoms with Crippen LogP contribution in [0.2, 0.25) is 0 Å². The number of amides is 1. The second-order valence-electron chi connectivity index (χ2n) is 19.9. The number of anilines is 3. The molecule has 2 aromatic heterocycles. The van der Waals surface area contributed by atoms with Crippen LogP contribution in [0, 0.1) is 48.3 Å². The van der Waals surface area contributed by atoms with E-state index in [1.807, 2.05) is 18.9 Å². The monoisotopic (exact) mass is 912 g/mol. The number of fused-ring (bicyclic) bond motifs is 2. The minimum Gasteiger partial charge on any atom is -0.508 e. The molecule has 0 radical (unpaired) electrons. The van der Waals surface area contributed by atoms with Crippen LogP contribution in [0.4, 0.5) is 21.6 Å². The first-order chi connectivity index (χ1) is 31.8. The van der Waals surface area contributed by atoms with E-state index in [2.05, 4.69) is 73.7 Å². The van der Waals surface area contributed by atoms with E-state index in [-0.39, 0.29) is 28.6 Å². The number of terminal acetylenes is 1. The number of benzene rings is 3. The molecule has 5 aromatic rings. The molecule has 0 bridgehead atoms. The van der Waals surface area contributed by atoms with Crippen LogP contribution < -0.4 is 24.7 Å². The number of nitrogens with zero attached hydrogens (tertiary/aromatic N) is 8. The molecule has 3 saturated heterocycles. The summed E-state index contributed by atoms with van der Waals surface area (Å²) in [4.78, 5) is 40.3. The first kappa shape index (κ1) is 46.0. The number of piperidine rings is 2. The van der Waals surface area contributed by atoms with Crippen LogP contribution in [0.15, 0.2) is 48.7 Å². The summed E-state index contributed by atoms with van der Waals surface area (Å²) in [5.41, 5.74) is 5.33. The van der Waals surface area contributed by atoms with E-state index >= 15 is 4.39 Å². The number of carbonyl (C=O) groups is 1. The summed E-state index contributed by atoms with van der Waals surface area (Å²) in [6.45, 7) is 19.1. The van der Waals surface area contributed by atoms with E-state index in [0.29, 0.717) is 57.3 Å². The van der Waals surface area contributed by atoms with Gasteiger partial charge in [-0.25, -0.2) is 4.39 Å². The van der Waals surface area contributed by atoms with Gasteiger partial charge in [0.2, 0.25) is 5.91 Å². The number of piperazine rings is 1. The predicted molar refractivity (Wildman–Crippen MR) is 269 cm³/mol. The zero-order chi connectivity index (χ0) is 46.3. The number of para-hydroxylation sites is 1. The molecule has 1 N–H and O–H groups in total. The predicted octanol–water partition coefficient (Wildman–Crippen LogP) is 8.42. The van der Waals surface area contributed by atoms with Crippen molar-refractivity contribution in [2.45, 2.75) is 72.6 Å². The van der Waals surface area contributed by atoms with E-state index in [9.17, 15) is 9.90 Å². The molecule has 66 heavy (non-hydrogen) atoms. The number of aryl methyl sites for hydroxylation is 1. The highest BCUT2D eigenvalue weighted by molar-refractivity contribution is 7.28. The minimum absolute atomic E-state index is 0.000538. The van der Waals surface area contributed by atoms with Crippen LogP contribution in [-0.2, 0) is 4.79 Å².